The third-order valence-electron chi connectivity index (χ3n) is 1.18. The lowest BCUT2D eigenvalue weighted by molar-refractivity contribution is 0.473. The first-order chi connectivity index (χ1) is 5.41. The van der Waals surface area contributed by atoms with Crippen LogP contribution in [-0.4, -0.2) is 13.5 Å². The standard InChI is InChI=1S/C6H4ClIO3S/c7-5-2-1-4(9)3-6(5)12(8,10)11/h1-3,9H. The fraction of sp³-hybridized carbons (Fsp3) is 0. The van der Waals surface area contributed by atoms with Crippen molar-refractivity contribution in [1.82, 2.24) is 0 Å². The molecule has 0 radical (unpaired) electrons. The topological polar surface area (TPSA) is 54.4 Å². The van der Waals surface area contributed by atoms with Crippen molar-refractivity contribution < 1.29 is 13.5 Å². The molecule has 1 aromatic carbocycles. The van der Waals surface area contributed by atoms with Gasteiger partial charge in [-0.25, -0.2) is 8.42 Å². The van der Waals surface area contributed by atoms with E-state index in [0.717, 1.165) is 6.07 Å². The van der Waals surface area contributed by atoms with E-state index < -0.39 is 7.01 Å². The quantitative estimate of drug-likeness (QED) is 0.638. The smallest absolute Gasteiger partial charge is 0.232 e. The van der Waals surface area contributed by atoms with Gasteiger partial charge in [0.05, 0.1) is 31.1 Å². The van der Waals surface area contributed by atoms with Gasteiger partial charge < -0.3 is 5.11 Å². The molecule has 1 aromatic rings. The van der Waals surface area contributed by atoms with Crippen LogP contribution in [0.15, 0.2) is 23.1 Å². The number of phenolic OH excluding ortho intramolecular Hbond substituents is 1. The average molecular weight is 319 g/mol. The fourth-order valence-corrected chi connectivity index (χ4v) is 3.15. The summed E-state index contributed by atoms with van der Waals surface area (Å²) < 4.78 is 22.0. The maximum absolute atomic E-state index is 11.0. The summed E-state index contributed by atoms with van der Waals surface area (Å²) in [5.41, 5.74) is 0. The lowest BCUT2D eigenvalue weighted by Crippen LogP contribution is -1.90. The minimum atomic E-state index is -3.38. The van der Waals surface area contributed by atoms with Gasteiger partial charge in [-0.2, -0.15) is 0 Å². The van der Waals surface area contributed by atoms with Gasteiger partial charge in [0.15, 0.2) is 0 Å². The summed E-state index contributed by atoms with van der Waals surface area (Å²) in [6, 6.07) is 3.78. The van der Waals surface area contributed by atoms with Crippen molar-refractivity contribution in [1.29, 1.82) is 0 Å². The highest BCUT2D eigenvalue weighted by Gasteiger charge is 2.14. The predicted molar refractivity (Wildman–Crippen MR) is 54.3 cm³/mol. The van der Waals surface area contributed by atoms with E-state index in [4.69, 9.17) is 16.7 Å². The highest BCUT2D eigenvalue weighted by atomic mass is 127. The summed E-state index contributed by atoms with van der Waals surface area (Å²) in [4.78, 5) is -0.0650. The Hall–Kier alpha value is -0.0100. The molecule has 0 saturated carbocycles. The molecule has 0 heterocycles. The normalized spacial score (nSPS) is 11.5. The van der Waals surface area contributed by atoms with Gasteiger partial charge in [-0.1, -0.05) is 11.6 Å². The van der Waals surface area contributed by atoms with Gasteiger partial charge in [-0.15, -0.1) is 0 Å². The molecule has 0 aromatic heterocycles. The van der Waals surface area contributed by atoms with E-state index in [-0.39, 0.29) is 15.7 Å². The summed E-state index contributed by atoms with van der Waals surface area (Å²) in [6.45, 7) is 0. The van der Waals surface area contributed by atoms with E-state index in [9.17, 15) is 8.42 Å². The van der Waals surface area contributed by atoms with Gasteiger partial charge >= 0.3 is 0 Å². The van der Waals surface area contributed by atoms with Gasteiger partial charge in [-0.05, 0) is 12.1 Å². The molecule has 6 heteroatoms. The molecule has 0 bridgehead atoms. The van der Waals surface area contributed by atoms with Crippen molar-refractivity contribution in [2.75, 3.05) is 0 Å². The van der Waals surface area contributed by atoms with Gasteiger partial charge in [0.25, 0.3) is 0 Å². The molecule has 0 spiro atoms. The maximum Gasteiger partial charge on any atom is 0.232 e. The molecule has 0 fully saturated rings. The number of aromatic hydroxyl groups is 1. The minimum absolute atomic E-state index is 0.0650. The summed E-state index contributed by atoms with van der Waals surface area (Å²) in [5.74, 6) is -0.116. The van der Waals surface area contributed by atoms with Crippen molar-refractivity contribution in [3.05, 3.63) is 23.2 Å². The van der Waals surface area contributed by atoms with E-state index in [1.54, 1.807) is 0 Å². The van der Waals surface area contributed by atoms with Crippen LogP contribution in [0, 0.1) is 0 Å². The van der Waals surface area contributed by atoms with E-state index in [0.29, 0.717) is 0 Å². The molecule has 0 unspecified atom stereocenters. The van der Waals surface area contributed by atoms with E-state index in [2.05, 4.69) is 0 Å². The maximum atomic E-state index is 11.0. The van der Waals surface area contributed by atoms with Gasteiger partial charge in [0.2, 0.25) is 7.01 Å². The van der Waals surface area contributed by atoms with Crippen LogP contribution in [0.5, 0.6) is 5.75 Å². The molecule has 1 rings (SSSR count). The third kappa shape index (κ3) is 2.24. The molecule has 0 aliphatic carbocycles. The predicted octanol–water partition coefficient (Wildman–Crippen LogP) is 2.17. The van der Waals surface area contributed by atoms with Crippen LogP contribution in [0.2, 0.25) is 5.02 Å². The lowest BCUT2D eigenvalue weighted by atomic mass is 10.3. The minimum Gasteiger partial charge on any atom is -0.508 e. The van der Waals surface area contributed by atoms with E-state index >= 15 is 0 Å². The molecule has 12 heavy (non-hydrogen) atoms. The Balaban J connectivity index is 3.43. The number of halogens is 2. The zero-order chi connectivity index (χ0) is 9.35. The number of hydrogen-bond donors (Lipinski definition) is 1. The van der Waals surface area contributed by atoms with Crippen LogP contribution >= 0.6 is 32.8 Å². The van der Waals surface area contributed by atoms with Crippen molar-refractivity contribution in [2.45, 2.75) is 4.90 Å². The molecule has 0 aliphatic heterocycles. The Labute approximate surface area is 86.9 Å². The molecule has 3 nitrogen and oxygen atoms in total. The molecular formula is C6H4ClIO3S. The van der Waals surface area contributed by atoms with Crippen LogP contribution < -0.4 is 0 Å². The molecule has 0 saturated heterocycles. The Bertz CT molecular complexity index is 401. The molecule has 1 N–H and O–H groups in total. The summed E-state index contributed by atoms with van der Waals surface area (Å²) in [6.07, 6.45) is 0. The average Bonchev–Trinajstić information content (AvgIpc) is 1.92. The molecule has 0 atom stereocenters. The van der Waals surface area contributed by atoms with Crippen LogP contribution in [0.25, 0.3) is 0 Å². The number of phenols is 1. The summed E-state index contributed by atoms with van der Waals surface area (Å²) in [7, 11) is -3.38. The van der Waals surface area contributed by atoms with Crippen molar-refractivity contribution in [3.63, 3.8) is 0 Å². The second-order valence-corrected chi connectivity index (χ2v) is 7.25. The van der Waals surface area contributed by atoms with Crippen molar-refractivity contribution in [3.8, 4) is 5.75 Å². The largest absolute Gasteiger partial charge is 0.508 e. The zero-order valence-electron chi connectivity index (χ0n) is 5.66. The van der Waals surface area contributed by atoms with Crippen LogP contribution in [0.3, 0.4) is 0 Å². The second kappa shape index (κ2) is 3.39. The zero-order valence-corrected chi connectivity index (χ0v) is 9.39. The number of benzene rings is 1. The van der Waals surface area contributed by atoms with Gasteiger partial charge in [0.1, 0.15) is 5.75 Å². The SMILES string of the molecule is O=S(=O)(I)c1cc(O)ccc1Cl. The summed E-state index contributed by atoms with van der Waals surface area (Å²) in [5, 5.41) is 9.09. The Morgan fingerprint density at radius 3 is 2.42 bits per heavy atom. The molecule has 66 valence electrons. The Morgan fingerprint density at radius 2 is 2.00 bits per heavy atom. The van der Waals surface area contributed by atoms with Gasteiger partial charge in [-0.3, -0.25) is 0 Å². The van der Waals surface area contributed by atoms with Crippen molar-refractivity contribution in [2.24, 2.45) is 0 Å². The third-order valence-corrected chi connectivity index (χ3v) is 3.91. The van der Waals surface area contributed by atoms with E-state index in [1.165, 1.54) is 33.3 Å². The first-order valence-electron chi connectivity index (χ1n) is 2.84. The van der Waals surface area contributed by atoms with Crippen molar-refractivity contribution >= 4 is 39.8 Å². The molecular weight excluding hydrogens is 314 g/mol. The molecule has 0 aliphatic rings. The highest BCUT2D eigenvalue weighted by Crippen LogP contribution is 2.29. The van der Waals surface area contributed by atoms with Crippen LogP contribution in [0.1, 0.15) is 0 Å². The monoisotopic (exact) mass is 318 g/mol. The highest BCUT2D eigenvalue weighted by molar-refractivity contribution is 14.2. The lowest BCUT2D eigenvalue weighted by Gasteiger charge is -1.99. The van der Waals surface area contributed by atoms with Gasteiger partial charge in [0, 0.05) is 6.07 Å². The van der Waals surface area contributed by atoms with Crippen LogP contribution in [-0.2, 0) is 7.01 Å². The number of hydrogen-bond acceptors (Lipinski definition) is 3. The van der Waals surface area contributed by atoms with Crippen LogP contribution in [0.4, 0.5) is 0 Å². The first kappa shape index (κ1) is 10.1. The fourth-order valence-electron chi connectivity index (χ4n) is 0.679. The molecule has 0 amide bonds. The van der Waals surface area contributed by atoms with E-state index in [1.807, 2.05) is 0 Å². The Kier molecular flexibility index (Phi) is 2.84. The first-order valence-corrected chi connectivity index (χ1v) is 7.25. The Morgan fingerprint density at radius 1 is 1.42 bits per heavy atom. The number of rotatable bonds is 1. The summed E-state index contributed by atoms with van der Waals surface area (Å²) >= 11 is 6.85. The second-order valence-electron chi connectivity index (χ2n) is 2.05.